The Hall–Kier alpha value is -1.13. The monoisotopic (exact) mass is 337 g/mol. The second-order valence-corrected chi connectivity index (χ2v) is 6.10. The molecule has 1 N–H and O–H groups in total. The molecular formula is C14H13BrClN3. The van der Waals surface area contributed by atoms with Gasteiger partial charge in [-0.1, -0.05) is 27.5 Å². The van der Waals surface area contributed by atoms with Crippen LogP contribution >= 0.6 is 27.5 Å². The number of aromatic nitrogens is 2. The van der Waals surface area contributed by atoms with Crippen molar-refractivity contribution in [3.05, 3.63) is 45.3 Å². The molecule has 1 aliphatic rings. The predicted octanol–water partition coefficient (Wildman–Crippen LogP) is 4.82. The third-order valence-electron chi connectivity index (χ3n) is 3.11. The second kappa shape index (κ2) is 5.10. The molecule has 1 heterocycles. The summed E-state index contributed by atoms with van der Waals surface area (Å²) < 4.78 is 1.06. The van der Waals surface area contributed by atoms with Gasteiger partial charge in [-0.15, -0.1) is 0 Å². The zero-order valence-electron chi connectivity index (χ0n) is 10.5. The summed E-state index contributed by atoms with van der Waals surface area (Å²) in [7, 11) is 0. The lowest BCUT2D eigenvalue weighted by atomic mass is 10.2. The first-order chi connectivity index (χ1) is 9.11. The summed E-state index contributed by atoms with van der Waals surface area (Å²) >= 11 is 9.51. The van der Waals surface area contributed by atoms with Gasteiger partial charge in [0.2, 0.25) is 0 Å². The minimum absolute atomic E-state index is 0.491. The van der Waals surface area contributed by atoms with Crippen LogP contribution in [0, 0.1) is 6.92 Å². The van der Waals surface area contributed by atoms with Crippen molar-refractivity contribution in [2.45, 2.75) is 25.7 Å². The number of halogens is 2. The first-order valence-corrected chi connectivity index (χ1v) is 7.36. The van der Waals surface area contributed by atoms with Crippen molar-refractivity contribution in [2.75, 3.05) is 5.32 Å². The van der Waals surface area contributed by atoms with Crippen LogP contribution in [-0.4, -0.2) is 9.97 Å². The quantitative estimate of drug-likeness (QED) is 0.815. The zero-order valence-corrected chi connectivity index (χ0v) is 12.8. The van der Waals surface area contributed by atoms with Gasteiger partial charge in [0.25, 0.3) is 0 Å². The molecular weight excluding hydrogens is 326 g/mol. The molecule has 98 valence electrons. The van der Waals surface area contributed by atoms with Gasteiger partial charge in [0.05, 0.1) is 0 Å². The van der Waals surface area contributed by atoms with Gasteiger partial charge < -0.3 is 5.32 Å². The average Bonchev–Trinajstić information content (AvgIpc) is 3.16. The minimum atomic E-state index is 0.491. The maximum Gasteiger partial charge on any atom is 0.135 e. The summed E-state index contributed by atoms with van der Waals surface area (Å²) in [5.41, 5.74) is 2.18. The average molecular weight is 339 g/mol. The van der Waals surface area contributed by atoms with Crippen LogP contribution in [0.4, 0.5) is 11.5 Å². The molecule has 1 aromatic heterocycles. The van der Waals surface area contributed by atoms with Crippen molar-refractivity contribution in [1.82, 2.24) is 9.97 Å². The zero-order chi connectivity index (χ0) is 13.4. The Labute approximate surface area is 125 Å². The van der Waals surface area contributed by atoms with Gasteiger partial charge in [0, 0.05) is 22.1 Å². The van der Waals surface area contributed by atoms with E-state index >= 15 is 0 Å². The van der Waals surface area contributed by atoms with Gasteiger partial charge in [0.1, 0.15) is 16.8 Å². The summed E-state index contributed by atoms with van der Waals surface area (Å²) in [6.45, 7) is 2.05. The fraction of sp³-hybridized carbons (Fsp3) is 0.286. The Kier molecular flexibility index (Phi) is 3.46. The van der Waals surface area contributed by atoms with Gasteiger partial charge in [-0.25, -0.2) is 9.97 Å². The molecule has 5 heteroatoms. The lowest BCUT2D eigenvalue weighted by Gasteiger charge is -2.10. The van der Waals surface area contributed by atoms with E-state index in [1.807, 2.05) is 12.1 Å². The first-order valence-electron chi connectivity index (χ1n) is 6.19. The fourth-order valence-corrected chi connectivity index (χ4v) is 2.59. The van der Waals surface area contributed by atoms with Gasteiger partial charge in [0.15, 0.2) is 0 Å². The molecule has 0 saturated heterocycles. The van der Waals surface area contributed by atoms with Crippen LogP contribution in [0.1, 0.15) is 30.1 Å². The summed E-state index contributed by atoms with van der Waals surface area (Å²) in [4.78, 5) is 8.82. The third kappa shape index (κ3) is 3.07. The van der Waals surface area contributed by atoms with Gasteiger partial charge in [-0.05, 0) is 43.5 Å². The molecule has 19 heavy (non-hydrogen) atoms. The summed E-state index contributed by atoms with van der Waals surface area (Å²) in [5, 5.41) is 3.80. The summed E-state index contributed by atoms with van der Waals surface area (Å²) in [5.74, 6) is 2.10. The molecule has 3 nitrogen and oxygen atoms in total. The molecule has 1 aromatic carbocycles. The van der Waals surface area contributed by atoms with Crippen LogP contribution in [0.15, 0.2) is 28.7 Å². The number of hydrogen-bond donors (Lipinski definition) is 1. The standard InChI is InChI=1S/C14H13BrClN3/c1-8-6-10(15)4-5-11(8)17-13-7-12(16)18-14(19-13)9-2-3-9/h4-7,9H,2-3H2,1H3,(H,17,18,19). The van der Waals surface area contributed by atoms with Gasteiger partial charge in [-0.2, -0.15) is 0 Å². The Morgan fingerprint density at radius 3 is 2.74 bits per heavy atom. The molecule has 1 aliphatic carbocycles. The molecule has 0 bridgehead atoms. The lowest BCUT2D eigenvalue weighted by molar-refractivity contribution is 0.930. The number of hydrogen-bond acceptors (Lipinski definition) is 3. The number of nitrogens with one attached hydrogen (secondary N) is 1. The Morgan fingerprint density at radius 2 is 2.05 bits per heavy atom. The van der Waals surface area contributed by atoms with Gasteiger partial charge >= 0.3 is 0 Å². The van der Waals surface area contributed by atoms with E-state index in [2.05, 4.69) is 44.2 Å². The van der Waals surface area contributed by atoms with E-state index < -0.39 is 0 Å². The number of anilines is 2. The van der Waals surface area contributed by atoms with Crippen molar-refractivity contribution in [2.24, 2.45) is 0 Å². The third-order valence-corrected chi connectivity index (χ3v) is 3.79. The molecule has 3 rings (SSSR count). The highest BCUT2D eigenvalue weighted by Gasteiger charge is 2.27. The van der Waals surface area contributed by atoms with Crippen molar-refractivity contribution in [3.63, 3.8) is 0 Å². The predicted molar refractivity (Wildman–Crippen MR) is 81.2 cm³/mol. The lowest BCUT2D eigenvalue weighted by Crippen LogP contribution is -2.00. The smallest absolute Gasteiger partial charge is 0.135 e. The van der Waals surface area contributed by atoms with E-state index in [0.717, 1.165) is 40.2 Å². The number of nitrogens with zero attached hydrogens (tertiary/aromatic N) is 2. The Bertz CT molecular complexity index is 626. The van der Waals surface area contributed by atoms with E-state index in [1.165, 1.54) is 0 Å². The van der Waals surface area contributed by atoms with E-state index in [4.69, 9.17) is 11.6 Å². The summed E-state index contributed by atoms with van der Waals surface area (Å²) in [6.07, 6.45) is 2.33. The van der Waals surface area contributed by atoms with Crippen molar-refractivity contribution >= 4 is 39.0 Å². The SMILES string of the molecule is Cc1cc(Br)ccc1Nc1cc(Cl)nc(C2CC2)n1. The van der Waals surface area contributed by atoms with Crippen LogP contribution < -0.4 is 5.32 Å². The van der Waals surface area contributed by atoms with Crippen molar-refractivity contribution < 1.29 is 0 Å². The number of benzene rings is 1. The van der Waals surface area contributed by atoms with Crippen LogP contribution in [0.5, 0.6) is 0 Å². The first kappa shape index (κ1) is 12.9. The van der Waals surface area contributed by atoms with Gasteiger partial charge in [-0.3, -0.25) is 0 Å². The van der Waals surface area contributed by atoms with E-state index in [9.17, 15) is 0 Å². The molecule has 0 aliphatic heterocycles. The van der Waals surface area contributed by atoms with Crippen LogP contribution in [0.25, 0.3) is 0 Å². The molecule has 0 atom stereocenters. The highest BCUT2D eigenvalue weighted by Crippen LogP contribution is 2.39. The summed E-state index contributed by atoms with van der Waals surface area (Å²) in [6, 6.07) is 7.84. The van der Waals surface area contributed by atoms with Crippen molar-refractivity contribution in [1.29, 1.82) is 0 Å². The molecule has 0 radical (unpaired) electrons. The van der Waals surface area contributed by atoms with Crippen LogP contribution in [0.3, 0.4) is 0 Å². The Morgan fingerprint density at radius 1 is 1.26 bits per heavy atom. The fourth-order valence-electron chi connectivity index (χ4n) is 1.93. The van der Waals surface area contributed by atoms with Crippen molar-refractivity contribution in [3.8, 4) is 0 Å². The van der Waals surface area contributed by atoms with E-state index in [-0.39, 0.29) is 0 Å². The maximum absolute atomic E-state index is 6.05. The van der Waals surface area contributed by atoms with Crippen LogP contribution in [0.2, 0.25) is 5.15 Å². The van der Waals surface area contributed by atoms with E-state index in [0.29, 0.717) is 11.1 Å². The topological polar surface area (TPSA) is 37.8 Å². The molecule has 0 unspecified atom stereocenters. The Balaban J connectivity index is 1.89. The normalized spacial score (nSPS) is 14.5. The molecule has 0 amide bonds. The minimum Gasteiger partial charge on any atom is -0.340 e. The number of aryl methyl sites for hydroxylation is 1. The van der Waals surface area contributed by atoms with E-state index in [1.54, 1.807) is 6.07 Å². The largest absolute Gasteiger partial charge is 0.340 e. The molecule has 2 aromatic rings. The highest BCUT2D eigenvalue weighted by molar-refractivity contribution is 9.10. The van der Waals surface area contributed by atoms with Crippen LogP contribution in [-0.2, 0) is 0 Å². The number of rotatable bonds is 3. The second-order valence-electron chi connectivity index (χ2n) is 4.79. The maximum atomic E-state index is 6.05. The molecule has 1 fully saturated rings. The molecule has 1 saturated carbocycles. The molecule has 0 spiro atoms. The highest BCUT2D eigenvalue weighted by atomic mass is 79.9.